The van der Waals surface area contributed by atoms with Gasteiger partial charge in [0.1, 0.15) is 5.75 Å². The van der Waals surface area contributed by atoms with E-state index in [2.05, 4.69) is 16.0 Å². The first kappa shape index (κ1) is 19.3. The van der Waals surface area contributed by atoms with Gasteiger partial charge >= 0.3 is 0 Å². The first-order chi connectivity index (χ1) is 12.5. The summed E-state index contributed by atoms with van der Waals surface area (Å²) < 4.78 is 5.58. The van der Waals surface area contributed by atoms with Gasteiger partial charge in [0.15, 0.2) is 0 Å². The number of carbonyl (C=O) groups is 2. The first-order valence-corrected chi connectivity index (χ1v) is 8.66. The fourth-order valence-corrected chi connectivity index (χ4v) is 2.24. The number of anilines is 3. The Labute approximate surface area is 153 Å². The van der Waals surface area contributed by atoms with E-state index in [9.17, 15) is 9.59 Å². The Balaban J connectivity index is 1.85. The summed E-state index contributed by atoms with van der Waals surface area (Å²) in [5.74, 6) is 0.549. The molecule has 6 heteroatoms. The smallest absolute Gasteiger partial charge is 0.243 e. The second-order valence-electron chi connectivity index (χ2n) is 6.08. The summed E-state index contributed by atoms with van der Waals surface area (Å²) in [7, 11) is 0. The quantitative estimate of drug-likeness (QED) is 0.671. The van der Waals surface area contributed by atoms with Gasteiger partial charge in [-0.05, 0) is 56.3 Å². The zero-order valence-corrected chi connectivity index (χ0v) is 15.3. The van der Waals surface area contributed by atoms with Gasteiger partial charge in [-0.25, -0.2) is 0 Å². The van der Waals surface area contributed by atoms with Gasteiger partial charge in [0.05, 0.1) is 12.6 Å². The van der Waals surface area contributed by atoms with Crippen LogP contribution in [0.3, 0.4) is 0 Å². The average Bonchev–Trinajstić information content (AvgIpc) is 2.61. The van der Waals surface area contributed by atoms with E-state index in [1.54, 1.807) is 31.2 Å². The third kappa shape index (κ3) is 6.47. The van der Waals surface area contributed by atoms with E-state index >= 15 is 0 Å². The molecule has 0 atom stereocenters. The minimum atomic E-state index is -0.175. The normalized spacial score (nSPS) is 10.3. The van der Waals surface area contributed by atoms with Crippen molar-refractivity contribution in [3.05, 3.63) is 48.5 Å². The summed E-state index contributed by atoms with van der Waals surface area (Å²) in [6.07, 6.45) is 0.527. The number of amides is 2. The highest BCUT2D eigenvalue weighted by Gasteiger charge is 2.05. The lowest BCUT2D eigenvalue weighted by molar-refractivity contribution is -0.116. The van der Waals surface area contributed by atoms with E-state index in [0.29, 0.717) is 17.8 Å². The van der Waals surface area contributed by atoms with Gasteiger partial charge in [0, 0.05) is 23.5 Å². The van der Waals surface area contributed by atoms with Crippen molar-refractivity contribution in [1.29, 1.82) is 0 Å². The van der Waals surface area contributed by atoms with Crippen LogP contribution in [0.25, 0.3) is 0 Å². The highest BCUT2D eigenvalue weighted by Crippen LogP contribution is 2.17. The van der Waals surface area contributed by atoms with Crippen LogP contribution in [0, 0.1) is 0 Å². The van der Waals surface area contributed by atoms with Crippen molar-refractivity contribution in [2.24, 2.45) is 0 Å². The Morgan fingerprint density at radius 2 is 1.54 bits per heavy atom. The lowest BCUT2D eigenvalue weighted by Crippen LogP contribution is -2.21. The molecule has 0 fully saturated rings. The lowest BCUT2D eigenvalue weighted by Gasteiger charge is -2.11. The number of benzene rings is 2. The Kier molecular flexibility index (Phi) is 7.02. The standard InChI is InChI=1S/C20H25N3O3/c1-4-19(24)22-16-6-5-7-17(12-16)23-20(25)13-21-15-8-10-18(11-9-15)26-14(2)3/h5-12,14,21H,4,13H2,1-3H3,(H,22,24)(H,23,25). The topological polar surface area (TPSA) is 79.5 Å². The van der Waals surface area contributed by atoms with Gasteiger partial charge in [-0.1, -0.05) is 13.0 Å². The highest BCUT2D eigenvalue weighted by atomic mass is 16.5. The molecule has 2 aromatic rings. The van der Waals surface area contributed by atoms with Crippen LogP contribution in [0.2, 0.25) is 0 Å². The predicted octanol–water partition coefficient (Wildman–Crippen LogP) is 3.87. The molecule has 26 heavy (non-hydrogen) atoms. The molecule has 0 aromatic heterocycles. The van der Waals surface area contributed by atoms with Crippen LogP contribution >= 0.6 is 0 Å². The van der Waals surface area contributed by atoms with E-state index in [4.69, 9.17) is 4.74 Å². The van der Waals surface area contributed by atoms with Crippen LogP contribution in [0.15, 0.2) is 48.5 Å². The number of hydrogen-bond acceptors (Lipinski definition) is 4. The van der Waals surface area contributed by atoms with Crippen molar-refractivity contribution in [3.63, 3.8) is 0 Å². The minimum Gasteiger partial charge on any atom is -0.491 e. The molecule has 2 amide bonds. The molecule has 2 aromatic carbocycles. The predicted molar refractivity (Wildman–Crippen MR) is 105 cm³/mol. The summed E-state index contributed by atoms with van der Waals surface area (Å²) in [5.41, 5.74) is 2.12. The maximum Gasteiger partial charge on any atom is 0.243 e. The van der Waals surface area contributed by atoms with Crippen LogP contribution < -0.4 is 20.7 Å². The van der Waals surface area contributed by atoms with Crippen molar-refractivity contribution in [2.45, 2.75) is 33.3 Å². The number of ether oxygens (including phenoxy) is 1. The third-order valence-electron chi connectivity index (χ3n) is 3.43. The van der Waals surface area contributed by atoms with Gasteiger partial charge < -0.3 is 20.7 Å². The van der Waals surface area contributed by atoms with Crippen LogP contribution in [-0.4, -0.2) is 24.5 Å². The van der Waals surface area contributed by atoms with E-state index < -0.39 is 0 Å². The van der Waals surface area contributed by atoms with Gasteiger partial charge in [-0.2, -0.15) is 0 Å². The lowest BCUT2D eigenvalue weighted by atomic mass is 10.2. The molecule has 138 valence electrons. The average molecular weight is 355 g/mol. The fourth-order valence-electron chi connectivity index (χ4n) is 2.24. The molecule has 0 saturated carbocycles. The van der Waals surface area contributed by atoms with Gasteiger partial charge in [-0.3, -0.25) is 9.59 Å². The van der Waals surface area contributed by atoms with Crippen LogP contribution in [0.5, 0.6) is 5.75 Å². The number of hydrogen-bond donors (Lipinski definition) is 3. The molecule has 6 nitrogen and oxygen atoms in total. The Morgan fingerprint density at radius 3 is 2.12 bits per heavy atom. The van der Waals surface area contributed by atoms with Crippen molar-refractivity contribution >= 4 is 28.9 Å². The molecule has 2 rings (SSSR count). The molecule has 0 aliphatic heterocycles. The highest BCUT2D eigenvalue weighted by molar-refractivity contribution is 5.95. The minimum absolute atomic E-state index is 0.0694. The molecule has 0 spiro atoms. The van der Waals surface area contributed by atoms with E-state index in [1.165, 1.54) is 0 Å². The molecule has 0 bridgehead atoms. The largest absolute Gasteiger partial charge is 0.491 e. The molecule has 0 radical (unpaired) electrons. The molecule has 0 heterocycles. The Morgan fingerprint density at radius 1 is 0.923 bits per heavy atom. The molecule has 0 unspecified atom stereocenters. The molecular formula is C20H25N3O3. The second kappa shape index (κ2) is 9.46. The number of carbonyl (C=O) groups excluding carboxylic acids is 2. The summed E-state index contributed by atoms with van der Waals surface area (Å²) in [5, 5.41) is 8.63. The first-order valence-electron chi connectivity index (χ1n) is 8.66. The zero-order valence-electron chi connectivity index (χ0n) is 15.3. The maximum absolute atomic E-state index is 12.1. The molecule has 0 aliphatic rings. The SMILES string of the molecule is CCC(=O)Nc1cccc(NC(=O)CNc2ccc(OC(C)C)cc2)c1. The number of rotatable bonds is 8. The van der Waals surface area contributed by atoms with Crippen molar-refractivity contribution in [3.8, 4) is 5.75 Å². The van der Waals surface area contributed by atoms with Crippen molar-refractivity contribution < 1.29 is 14.3 Å². The molecule has 3 N–H and O–H groups in total. The number of nitrogens with one attached hydrogen (secondary N) is 3. The van der Waals surface area contributed by atoms with Gasteiger partial charge in [0.2, 0.25) is 11.8 Å². The zero-order chi connectivity index (χ0) is 18.9. The van der Waals surface area contributed by atoms with Gasteiger partial charge in [-0.15, -0.1) is 0 Å². The molecule has 0 aliphatic carbocycles. The Hall–Kier alpha value is -3.02. The van der Waals surface area contributed by atoms with Crippen LogP contribution in [-0.2, 0) is 9.59 Å². The Bertz CT molecular complexity index is 742. The van der Waals surface area contributed by atoms with E-state index in [1.807, 2.05) is 38.1 Å². The third-order valence-corrected chi connectivity index (χ3v) is 3.43. The van der Waals surface area contributed by atoms with Crippen molar-refractivity contribution in [2.75, 3.05) is 22.5 Å². The van der Waals surface area contributed by atoms with E-state index in [-0.39, 0.29) is 24.5 Å². The van der Waals surface area contributed by atoms with Crippen LogP contribution in [0.1, 0.15) is 27.2 Å². The second-order valence-corrected chi connectivity index (χ2v) is 6.08. The summed E-state index contributed by atoms with van der Waals surface area (Å²) in [4.78, 5) is 23.5. The van der Waals surface area contributed by atoms with E-state index in [0.717, 1.165) is 11.4 Å². The van der Waals surface area contributed by atoms with Crippen molar-refractivity contribution in [1.82, 2.24) is 0 Å². The molecule has 0 saturated heterocycles. The fraction of sp³-hybridized carbons (Fsp3) is 0.300. The van der Waals surface area contributed by atoms with Gasteiger partial charge in [0.25, 0.3) is 0 Å². The monoisotopic (exact) mass is 355 g/mol. The summed E-state index contributed by atoms with van der Waals surface area (Å²) in [6.45, 7) is 5.86. The van der Waals surface area contributed by atoms with Crippen LogP contribution in [0.4, 0.5) is 17.1 Å². The summed E-state index contributed by atoms with van der Waals surface area (Å²) >= 11 is 0. The summed E-state index contributed by atoms with van der Waals surface area (Å²) in [6, 6.07) is 14.5. The maximum atomic E-state index is 12.1. The molecular weight excluding hydrogens is 330 g/mol.